The number of nitrogens with zero attached hydrogens (tertiary/aromatic N) is 4. The predicted molar refractivity (Wildman–Crippen MR) is 111 cm³/mol. The summed E-state index contributed by atoms with van der Waals surface area (Å²) in [7, 11) is -3.22. The minimum atomic E-state index is -3.22. The smallest absolute Gasteiger partial charge is 0.293 e. The zero-order chi connectivity index (χ0) is 20.6. The van der Waals surface area contributed by atoms with Gasteiger partial charge in [0.15, 0.2) is 5.82 Å². The first kappa shape index (κ1) is 19.6. The maximum Gasteiger partial charge on any atom is 0.293 e. The highest BCUT2D eigenvalue weighted by atomic mass is 32.2. The highest BCUT2D eigenvalue weighted by molar-refractivity contribution is 7.90. The lowest BCUT2D eigenvalue weighted by Gasteiger charge is -2.34. The molecule has 0 spiro atoms. The molecule has 3 aromatic rings. The SMILES string of the molecule is C[C@@H]1COCCN1c1nc(-c2ccnc3[nH]ccc23)cn(CCS(C)(=O)=O)c1=O. The van der Waals surface area contributed by atoms with E-state index in [0.29, 0.717) is 31.3 Å². The lowest BCUT2D eigenvalue weighted by molar-refractivity contribution is 0.0983. The van der Waals surface area contributed by atoms with E-state index in [2.05, 4.69) is 9.97 Å². The van der Waals surface area contributed by atoms with E-state index in [1.807, 2.05) is 24.0 Å². The molecule has 0 radical (unpaired) electrons. The Morgan fingerprint density at radius 3 is 2.93 bits per heavy atom. The Morgan fingerprint density at radius 2 is 2.17 bits per heavy atom. The average Bonchev–Trinajstić information content (AvgIpc) is 3.16. The van der Waals surface area contributed by atoms with Gasteiger partial charge in [0.25, 0.3) is 5.56 Å². The Bertz CT molecular complexity index is 1200. The molecule has 1 atom stereocenters. The number of rotatable bonds is 5. The summed E-state index contributed by atoms with van der Waals surface area (Å²) in [4.78, 5) is 27.1. The van der Waals surface area contributed by atoms with Crippen LogP contribution in [0.3, 0.4) is 0 Å². The third kappa shape index (κ3) is 4.03. The van der Waals surface area contributed by atoms with Crippen LogP contribution in [0.1, 0.15) is 6.92 Å². The van der Waals surface area contributed by atoms with Crippen molar-refractivity contribution in [2.45, 2.75) is 19.5 Å². The highest BCUT2D eigenvalue weighted by Crippen LogP contribution is 2.26. The minimum Gasteiger partial charge on any atom is -0.377 e. The first-order chi connectivity index (χ1) is 13.8. The molecule has 1 saturated heterocycles. The van der Waals surface area contributed by atoms with Gasteiger partial charge >= 0.3 is 0 Å². The van der Waals surface area contributed by atoms with Crippen LogP contribution >= 0.6 is 0 Å². The summed E-state index contributed by atoms with van der Waals surface area (Å²) in [6.07, 6.45) is 6.27. The molecule has 0 bridgehead atoms. The lowest BCUT2D eigenvalue weighted by atomic mass is 10.1. The lowest BCUT2D eigenvalue weighted by Crippen LogP contribution is -2.47. The standard InChI is InChI=1S/C19H23N5O4S/c1-13-12-28-9-7-24(13)18-19(25)23(8-10-29(2,26)27)11-16(22-18)14-3-5-20-17-15(14)4-6-21-17/h3-6,11,13H,7-10,12H2,1-2H3,(H,20,21)/t13-/m1/s1. The number of morpholine rings is 1. The first-order valence-corrected chi connectivity index (χ1v) is 11.5. The maximum absolute atomic E-state index is 13.1. The van der Waals surface area contributed by atoms with Crippen LogP contribution in [0.2, 0.25) is 0 Å². The van der Waals surface area contributed by atoms with Crippen molar-refractivity contribution in [3.8, 4) is 11.3 Å². The quantitative estimate of drug-likeness (QED) is 0.661. The average molecular weight is 417 g/mol. The number of sulfone groups is 1. The summed E-state index contributed by atoms with van der Waals surface area (Å²) >= 11 is 0. The number of pyridine rings is 1. The summed E-state index contributed by atoms with van der Waals surface area (Å²) < 4.78 is 30.3. The van der Waals surface area contributed by atoms with Crippen LogP contribution < -0.4 is 10.5 Å². The predicted octanol–water partition coefficient (Wildman–Crippen LogP) is 1.06. The van der Waals surface area contributed by atoms with Crippen molar-refractivity contribution >= 4 is 26.7 Å². The van der Waals surface area contributed by atoms with Crippen molar-refractivity contribution in [3.63, 3.8) is 0 Å². The molecule has 1 N–H and O–H groups in total. The zero-order valence-corrected chi connectivity index (χ0v) is 17.1. The van der Waals surface area contributed by atoms with Gasteiger partial charge in [-0.2, -0.15) is 0 Å². The molecule has 0 unspecified atom stereocenters. The van der Waals surface area contributed by atoms with Crippen LogP contribution in [-0.4, -0.2) is 65.7 Å². The summed E-state index contributed by atoms with van der Waals surface area (Å²) in [5, 5.41) is 0.884. The highest BCUT2D eigenvalue weighted by Gasteiger charge is 2.25. The van der Waals surface area contributed by atoms with Gasteiger partial charge in [0, 0.05) is 48.9 Å². The fourth-order valence-electron chi connectivity index (χ4n) is 3.50. The monoisotopic (exact) mass is 417 g/mol. The second kappa shape index (κ2) is 7.60. The van der Waals surface area contributed by atoms with E-state index in [4.69, 9.17) is 9.72 Å². The first-order valence-electron chi connectivity index (χ1n) is 9.39. The number of aryl methyl sites for hydroxylation is 1. The Hall–Kier alpha value is -2.72. The van der Waals surface area contributed by atoms with E-state index in [1.54, 1.807) is 18.6 Å². The van der Waals surface area contributed by atoms with Crippen LogP contribution in [0.25, 0.3) is 22.3 Å². The van der Waals surface area contributed by atoms with Crippen molar-refractivity contribution in [3.05, 3.63) is 41.1 Å². The Balaban J connectivity index is 1.87. The maximum atomic E-state index is 13.1. The third-order valence-corrected chi connectivity index (χ3v) is 5.96. The van der Waals surface area contributed by atoms with Gasteiger partial charge in [-0.15, -0.1) is 0 Å². The summed E-state index contributed by atoms with van der Waals surface area (Å²) in [5.74, 6) is 0.192. The van der Waals surface area contributed by atoms with E-state index in [0.717, 1.165) is 22.9 Å². The fourth-order valence-corrected chi connectivity index (χ4v) is 4.03. The zero-order valence-electron chi connectivity index (χ0n) is 16.3. The topological polar surface area (TPSA) is 110 Å². The van der Waals surface area contributed by atoms with Crippen molar-refractivity contribution < 1.29 is 13.2 Å². The molecule has 0 saturated carbocycles. The number of H-pyrrole nitrogens is 1. The van der Waals surface area contributed by atoms with E-state index in [-0.39, 0.29) is 23.9 Å². The largest absolute Gasteiger partial charge is 0.377 e. The second-order valence-corrected chi connectivity index (χ2v) is 9.55. The summed E-state index contributed by atoms with van der Waals surface area (Å²) in [5.41, 5.74) is 1.84. The van der Waals surface area contributed by atoms with Gasteiger partial charge in [-0.25, -0.2) is 18.4 Å². The Kier molecular flexibility index (Phi) is 5.13. The molecular weight excluding hydrogens is 394 g/mol. The van der Waals surface area contributed by atoms with Crippen molar-refractivity contribution in [2.75, 3.05) is 36.7 Å². The molecule has 29 heavy (non-hydrogen) atoms. The second-order valence-electron chi connectivity index (χ2n) is 7.29. The summed E-state index contributed by atoms with van der Waals surface area (Å²) in [6.45, 7) is 3.61. The molecule has 0 aliphatic carbocycles. The van der Waals surface area contributed by atoms with E-state index < -0.39 is 9.84 Å². The minimum absolute atomic E-state index is 0.00715. The summed E-state index contributed by atoms with van der Waals surface area (Å²) in [6, 6.07) is 3.74. The molecule has 1 fully saturated rings. The fraction of sp³-hybridized carbons (Fsp3) is 0.421. The molecule has 154 valence electrons. The Morgan fingerprint density at radius 1 is 1.34 bits per heavy atom. The molecule has 10 heteroatoms. The molecule has 9 nitrogen and oxygen atoms in total. The normalized spacial score (nSPS) is 17.7. The van der Waals surface area contributed by atoms with Gasteiger partial charge in [0.2, 0.25) is 0 Å². The molecule has 3 aromatic heterocycles. The van der Waals surface area contributed by atoms with Crippen LogP contribution in [0.15, 0.2) is 35.5 Å². The van der Waals surface area contributed by atoms with Crippen molar-refractivity contribution in [2.24, 2.45) is 0 Å². The molecule has 1 aliphatic heterocycles. The number of hydrogen-bond acceptors (Lipinski definition) is 7. The van der Waals surface area contributed by atoms with Gasteiger partial charge in [0.05, 0.1) is 30.7 Å². The number of anilines is 1. The van der Waals surface area contributed by atoms with Crippen molar-refractivity contribution in [1.82, 2.24) is 19.5 Å². The molecule has 0 aromatic carbocycles. The van der Waals surface area contributed by atoms with Crippen LogP contribution in [0.5, 0.6) is 0 Å². The van der Waals surface area contributed by atoms with E-state index >= 15 is 0 Å². The third-order valence-electron chi connectivity index (χ3n) is 5.04. The van der Waals surface area contributed by atoms with Gasteiger partial charge < -0.3 is 19.2 Å². The molecule has 4 heterocycles. The van der Waals surface area contributed by atoms with E-state index in [9.17, 15) is 13.2 Å². The molecule has 0 amide bonds. The molecule has 1 aliphatic rings. The van der Waals surface area contributed by atoms with Gasteiger partial charge in [-0.1, -0.05) is 0 Å². The Labute approximate surface area is 168 Å². The van der Waals surface area contributed by atoms with Crippen LogP contribution in [0.4, 0.5) is 5.82 Å². The number of ether oxygens (including phenoxy) is 1. The molecular formula is C19H23N5O4S. The molecule has 4 rings (SSSR count). The number of hydrogen-bond donors (Lipinski definition) is 1. The number of aromatic amines is 1. The van der Waals surface area contributed by atoms with Gasteiger partial charge in [-0.3, -0.25) is 4.79 Å². The van der Waals surface area contributed by atoms with Gasteiger partial charge in [0.1, 0.15) is 15.5 Å². The number of fused-ring (bicyclic) bond motifs is 1. The van der Waals surface area contributed by atoms with Gasteiger partial charge in [-0.05, 0) is 19.1 Å². The van der Waals surface area contributed by atoms with Crippen molar-refractivity contribution in [1.29, 1.82) is 0 Å². The van der Waals surface area contributed by atoms with E-state index in [1.165, 1.54) is 4.57 Å². The number of nitrogens with one attached hydrogen (secondary N) is 1. The number of aromatic nitrogens is 4. The van der Waals surface area contributed by atoms with Crippen LogP contribution in [-0.2, 0) is 21.1 Å². The van der Waals surface area contributed by atoms with Crippen LogP contribution in [0, 0.1) is 0 Å².